The zero-order chi connectivity index (χ0) is 21.6. The van der Waals surface area contributed by atoms with E-state index >= 15 is 0 Å². The molecule has 3 saturated heterocycles. The van der Waals surface area contributed by atoms with Gasteiger partial charge >= 0.3 is 6.03 Å². The zero-order valence-corrected chi connectivity index (χ0v) is 19.4. The molecule has 3 fully saturated rings. The maximum absolute atomic E-state index is 12.4. The zero-order valence-electron chi connectivity index (χ0n) is 18.6. The quantitative estimate of drug-likeness (QED) is 0.601. The third-order valence-electron chi connectivity index (χ3n) is 6.68. The van der Waals surface area contributed by atoms with E-state index in [1.807, 2.05) is 30.5 Å². The maximum atomic E-state index is 12.4. The summed E-state index contributed by atoms with van der Waals surface area (Å²) in [5.74, 6) is 1.48. The van der Waals surface area contributed by atoms with Crippen LogP contribution in [0.1, 0.15) is 18.4 Å². The van der Waals surface area contributed by atoms with Crippen LogP contribution in [0, 0.1) is 11.8 Å². The van der Waals surface area contributed by atoms with Crippen molar-refractivity contribution >= 4 is 23.5 Å². The highest BCUT2D eigenvalue weighted by molar-refractivity contribution is 7.98. The van der Waals surface area contributed by atoms with Gasteiger partial charge in [-0.15, -0.1) is 11.8 Å². The van der Waals surface area contributed by atoms with Crippen LogP contribution in [0.3, 0.4) is 0 Å². The summed E-state index contributed by atoms with van der Waals surface area (Å²) >= 11 is 1.68. The summed E-state index contributed by atoms with van der Waals surface area (Å²) in [6.07, 6.45) is 4.51. The second-order valence-electron chi connectivity index (χ2n) is 8.94. The lowest BCUT2D eigenvalue weighted by molar-refractivity contribution is -0.00889. The van der Waals surface area contributed by atoms with Gasteiger partial charge in [-0.1, -0.05) is 36.4 Å². The normalized spacial score (nSPS) is 24.9. The molecule has 6 heteroatoms. The maximum Gasteiger partial charge on any atom is 0.319 e. The van der Waals surface area contributed by atoms with Crippen LogP contribution in [-0.4, -0.2) is 61.4 Å². The highest BCUT2D eigenvalue weighted by Gasteiger charge is 2.40. The molecule has 3 aliphatic heterocycles. The smallest absolute Gasteiger partial charge is 0.319 e. The number of nitrogens with zero attached hydrogens (tertiary/aromatic N) is 2. The summed E-state index contributed by atoms with van der Waals surface area (Å²) in [7, 11) is 2.24. The number of piperidine rings is 3. The molecule has 3 heterocycles. The monoisotopic (exact) mass is 438 g/mol. The molecular formula is C25H34N4OS. The minimum absolute atomic E-state index is 0.111. The fourth-order valence-corrected chi connectivity index (χ4v) is 5.57. The lowest BCUT2D eigenvalue weighted by Gasteiger charge is -2.50. The molecule has 0 aliphatic carbocycles. The van der Waals surface area contributed by atoms with Gasteiger partial charge in [-0.25, -0.2) is 4.79 Å². The van der Waals surface area contributed by atoms with Crippen LogP contribution in [0.15, 0.2) is 59.5 Å². The molecule has 31 heavy (non-hydrogen) atoms. The van der Waals surface area contributed by atoms with Gasteiger partial charge < -0.3 is 15.5 Å². The number of nitrogens with one attached hydrogen (secondary N) is 2. The van der Waals surface area contributed by atoms with Gasteiger partial charge in [0.05, 0.1) is 0 Å². The Morgan fingerprint density at radius 1 is 1.19 bits per heavy atom. The van der Waals surface area contributed by atoms with Gasteiger partial charge in [0.1, 0.15) is 0 Å². The summed E-state index contributed by atoms with van der Waals surface area (Å²) in [6.45, 7) is 5.17. The predicted octanol–water partition coefficient (Wildman–Crippen LogP) is 4.37. The molecule has 2 aromatic rings. The number of hydrogen-bond acceptors (Lipinski definition) is 4. The van der Waals surface area contributed by atoms with Crippen molar-refractivity contribution in [3.05, 3.63) is 60.2 Å². The fourth-order valence-electron chi connectivity index (χ4n) is 5.12. The van der Waals surface area contributed by atoms with Crippen molar-refractivity contribution in [1.29, 1.82) is 0 Å². The van der Waals surface area contributed by atoms with E-state index < -0.39 is 0 Å². The molecule has 0 saturated carbocycles. The van der Waals surface area contributed by atoms with Crippen molar-refractivity contribution in [3.8, 4) is 0 Å². The molecule has 166 valence electrons. The number of urea groups is 1. The van der Waals surface area contributed by atoms with Gasteiger partial charge in [-0.05, 0) is 68.3 Å². The van der Waals surface area contributed by atoms with Crippen molar-refractivity contribution in [3.63, 3.8) is 0 Å². The van der Waals surface area contributed by atoms with Gasteiger partial charge in [-0.3, -0.25) is 4.90 Å². The van der Waals surface area contributed by atoms with Crippen LogP contribution in [0.5, 0.6) is 0 Å². The molecule has 2 aromatic carbocycles. The number of carbonyl (C=O) groups excluding carboxylic acids is 1. The summed E-state index contributed by atoms with van der Waals surface area (Å²) < 4.78 is 0. The van der Waals surface area contributed by atoms with Crippen molar-refractivity contribution in [1.82, 2.24) is 15.1 Å². The molecule has 0 spiro atoms. The number of amides is 2. The average Bonchev–Trinajstić information content (AvgIpc) is 2.79. The van der Waals surface area contributed by atoms with Crippen LogP contribution in [0.25, 0.3) is 0 Å². The summed E-state index contributed by atoms with van der Waals surface area (Å²) in [6, 6.07) is 19.0. The van der Waals surface area contributed by atoms with Crippen molar-refractivity contribution in [2.75, 3.05) is 44.8 Å². The highest BCUT2D eigenvalue weighted by atomic mass is 32.2. The van der Waals surface area contributed by atoms with E-state index in [1.165, 1.54) is 18.4 Å². The topological polar surface area (TPSA) is 47.6 Å². The Labute approximate surface area is 190 Å². The van der Waals surface area contributed by atoms with Gasteiger partial charge in [0.2, 0.25) is 0 Å². The first-order chi connectivity index (χ1) is 15.1. The number of benzene rings is 2. The minimum Gasteiger partial charge on any atom is -0.336 e. The Balaban J connectivity index is 1.23. The summed E-state index contributed by atoms with van der Waals surface area (Å²) in [5.41, 5.74) is 2.22. The second-order valence-corrected chi connectivity index (χ2v) is 9.82. The van der Waals surface area contributed by atoms with Gasteiger partial charge in [0.15, 0.2) is 0 Å². The Kier molecular flexibility index (Phi) is 7.54. The van der Waals surface area contributed by atoms with Crippen molar-refractivity contribution in [2.24, 2.45) is 11.8 Å². The molecule has 5 rings (SSSR count). The van der Waals surface area contributed by atoms with Crippen LogP contribution in [0.2, 0.25) is 0 Å². The highest BCUT2D eigenvalue weighted by Crippen LogP contribution is 2.36. The first kappa shape index (κ1) is 22.2. The van der Waals surface area contributed by atoms with Gasteiger partial charge in [0, 0.05) is 42.8 Å². The van der Waals surface area contributed by atoms with E-state index in [9.17, 15) is 4.79 Å². The van der Waals surface area contributed by atoms with E-state index in [0.29, 0.717) is 6.04 Å². The van der Waals surface area contributed by atoms with Crippen molar-refractivity contribution < 1.29 is 4.79 Å². The molecule has 4 atom stereocenters. The van der Waals surface area contributed by atoms with Crippen molar-refractivity contribution in [2.45, 2.75) is 30.3 Å². The lowest BCUT2D eigenvalue weighted by atomic mass is 9.75. The SMILES string of the molecule is CSc1cccc(NC(=O)NC[C@H]2C[C@@H]3CCN2C[C@H]3CN(C)Cc2ccccc2)c1. The van der Waals surface area contributed by atoms with Crippen LogP contribution in [0.4, 0.5) is 10.5 Å². The summed E-state index contributed by atoms with van der Waals surface area (Å²) in [5, 5.41) is 6.07. The Bertz CT molecular complexity index is 862. The predicted molar refractivity (Wildman–Crippen MR) is 130 cm³/mol. The third-order valence-corrected chi connectivity index (χ3v) is 7.41. The minimum atomic E-state index is -0.111. The second kappa shape index (κ2) is 10.5. The van der Waals surface area contributed by atoms with E-state index in [-0.39, 0.29) is 6.03 Å². The molecule has 3 aliphatic rings. The Morgan fingerprint density at radius 3 is 2.77 bits per heavy atom. The van der Waals surface area contributed by atoms with Gasteiger partial charge in [-0.2, -0.15) is 0 Å². The molecule has 2 bridgehead atoms. The van der Waals surface area contributed by atoms with Crippen LogP contribution >= 0.6 is 11.8 Å². The molecule has 2 N–H and O–H groups in total. The lowest BCUT2D eigenvalue weighted by Crippen LogP contribution is -2.58. The average molecular weight is 439 g/mol. The standard InChI is InChI=1S/C25H34N4OS/c1-28(16-19-7-4-3-5-8-19)17-21-18-29-12-11-20(21)13-23(29)15-26-25(30)27-22-9-6-10-24(14-22)31-2/h3-10,14,20-21,23H,11-13,15-18H2,1-2H3,(H2,26,27,30)/t20-,21+,23+/m0/s1. The molecule has 0 radical (unpaired) electrons. The third kappa shape index (κ3) is 6.03. The van der Waals surface area contributed by atoms with E-state index in [2.05, 4.69) is 57.8 Å². The van der Waals surface area contributed by atoms with Crippen LogP contribution < -0.4 is 10.6 Å². The number of hydrogen-bond donors (Lipinski definition) is 2. The molecule has 1 unspecified atom stereocenters. The number of rotatable bonds is 8. The number of thioether (sulfide) groups is 1. The van der Waals surface area contributed by atoms with Crippen LogP contribution in [-0.2, 0) is 6.54 Å². The Hall–Kier alpha value is -2.02. The molecule has 5 nitrogen and oxygen atoms in total. The first-order valence-electron chi connectivity index (χ1n) is 11.3. The largest absolute Gasteiger partial charge is 0.336 e. The Morgan fingerprint density at radius 2 is 2.03 bits per heavy atom. The molecular weight excluding hydrogens is 404 g/mol. The number of carbonyl (C=O) groups is 1. The molecule has 0 aromatic heterocycles. The number of fused-ring (bicyclic) bond motifs is 3. The molecule has 2 amide bonds. The van der Waals surface area contributed by atoms with E-state index in [0.717, 1.165) is 55.1 Å². The van der Waals surface area contributed by atoms with Gasteiger partial charge in [0.25, 0.3) is 0 Å². The summed E-state index contributed by atoms with van der Waals surface area (Å²) in [4.78, 5) is 18.6. The number of anilines is 1. The van der Waals surface area contributed by atoms with E-state index in [4.69, 9.17) is 0 Å². The van der Waals surface area contributed by atoms with E-state index in [1.54, 1.807) is 11.8 Å². The fraction of sp³-hybridized carbons (Fsp3) is 0.480. The first-order valence-corrected chi connectivity index (χ1v) is 12.5.